The minimum atomic E-state index is -0.826. The zero-order valence-electron chi connectivity index (χ0n) is 11.8. The van der Waals surface area contributed by atoms with E-state index >= 15 is 0 Å². The lowest BCUT2D eigenvalue weighted by atomic mass is 9.99. The van der Waals surface area contributed by atoms with E-state index < -0.39 is 11.8 Å². The number of likely N-dealkylation sites (tertiary alicyclic amines) is 1. The van der Waals surface area contributed by atoms with Crippen molar-refractivity contribution < 1.29 is 18.7 Å². The predicted molar refractivity (Wildman–Crippen MR) is 79.4 cm³/mol. The maximum atomic E-state index is 13.5. The van der Waals surface area contributed by atoms with E-state index in [1.54, 1.807) is 4.90 Å². The second-order valence-corrected chi connectivity index (χ2v) is 6.18. The number of halogens is 2. The summed E-state index contributed by atoms with van der Waals surface area (Å²) < 4.78 is 19.0. The highest BCUT2D eigenvalue weighted by molar-refractivity contribution is 9.10. The van der Waals surface area contributed by atoms with Gasteiger partial charge in [-0.3, -0.25) is 4.79 Å². The van der Waals surface area contributed by atoms with Gasteiger partial charge in [0.25, 0.3) is 5.91 Å². The van der Waals surface area contributed by atoms with Gasteiger partial charge in [-0.15, -0.1) is 0 Å². The third kappa shape index (κ3) is 4.27. The number of esters is 1. The zero-order chi connectivity index (χ0) is 15.4. The largest absolute Gasteiger partial charge is 0.452 e. The number of nitrogens with zero attached hydrogens (tertiary/aromatic N) is 1. The standard InChI is InChI=1S/C15H17BrFNO3/c1-10-4-6-18(7-5-10)14(19)9-21-15(20)12-8-11(16)2-3-13(12)17/h2-3,8,10H,4-7,9H2,1H3. The Bertz CT molecular complexity index is 542. The van der Waals surface area contributed by atoms with E-state index in [1.807, 2.05) is 0 Å². The van der Waals surface area contributed by atoms with E-state index in [2.05, 4.69) is 22.9 Å². The van der Waals surface area contributed by atoms with Crippen molar-refractivity contribution in [2.75, 3.05) is 19.7 Å². The van der Waals surface area contributed by atoms with Crippen molar-refractivity contribution >= 4 is 27.8 Å². The monoisotopic (exact) mass is 357 g/mol. The Labute approximate surface area is 131 Å². The van der Waals surface area contributed by atoms with E-state index in [-0.39, 0.29) is 18.1 Å². The molecule has 0 unspecified atom stereocenters. The number of hydrogen-bond acceptors (Lipinski definition) is 3. The minimum absolute atomic E-state index is 0.176. The molecule has 0 aromatic heterocycles. The molecule has 1 amide bonds. The molecule has 114 valence electrons. The number of carbonyl (C=O) groups excluding carboxylic acids is 2. The third-order valence-corrected chi connectivity index (χ3v) is 4.10. The van der Waals surface area contributed by atoms with Gasteiger partial charge < -0.3 is 9.64 Å². The Balaban J connectivity index is 1.89. The first-order valence-corrected chi connectivity index (χ1v) is 7.66. The molecule has 21 heavy (non-hydrogen) atoms. The van der Waals surface area contributed by atoms with Crippen LogP contribution in [0.2, 0.25) is 0 Å². The molecular formula is C15H17BrFNO3. The van der Waals surface area contributed by atoms with Crippen LogP contribution in [0.4, 0.5) is 4.39 Å². The fourth-order valence-electron chi connectivity index (χ4n) is 2.21. The molecule has 0 N–H and O–H groups in total. The fraction of sp³-hybridized carbons (Fsp3) is 0.467. The Morgan fingerprint density at radius 3 is 2.71 bits per heavy atom. The van der Waals surface area contributed by atoms with Gasteiger partial charge in [-0.1, -0.05) is 22.9 Å². The van der Waals surface area contributed by atoms with Crippen LogP contribution in [0.5, 0.6) is 0 Å². The molecule has 0 atom stereocenters. The summed E-state index contributed by atoms with van der Waals surface area (Å²) in [5.74, 6) is -1.10. The summed E-state index contributed by atoms with van der Waals surface area (Å²) >= 11 is 3.16. The summed E-state index contributed by atoms with van der Waals surface area (Å²) in [5.41, 5.74) is -0.176. The van der Waals surface area contributed by atoms with Crippen molar-refractivity contribution in [1.82, 2.24) is 4.90 Å². The van der Waals surface area contributed by atoms with Gasteiger partial charge in [0.15, 0.2) is 6.61 Å². The molecule has 1 heterocycles. The SMILES string of the molecule is CC1CCN(C(=O)COC(=O)c2cc(Br)ccc2F)CC1. The second kappa shape index (κ2) is 7.02. The average Bonchev–Trinajstić information content (AvgIpc) is 2.47. The van der Waals surface area contributed by atoms with Gasteiger partial charge in [-0.2, -0.15) is 0 Å². The number of piperidine rings is 1. The van der Waals surface area contributed by atoms with Crippen LogP contribution in [0.25, 0.3) is 0 Å². The fourth-order valence-corrected chi connectivity index (χ4v) is 2.57. The van der Waals surface area contributed by atoms with E-state index in [0.29, 0.717) is 23.5 Å². The number of rotatable bonds is 3. The van der Waals surface area contributed by atoms with E-state index in [9.17, 15) is 14.0 Å². The first-order chi connectivity index (χ1) is 9.97. The van der Waals surface area contributed by atoms with Crippen LogP contribution in [0.15, 0.2) is 22.7 Å². The van der Waals surface area contributed by atoms with Crippen LogP contribution in [-0.4, -0.2) is 36.5 Å². The Morgan fingerprint density at radius 2 is 2.05 bits per heavy atom. The number of ether oxygens (including phenoxy) is 1. The van der Waals surface area contributed by atoms with Crippen LogP contribution < -0.4 is 0 Å². The van der Waals surface area contributed by atoms with Gasteiger partial charge in [0.2, 0.25) is 0 Å². The molecule has 6 heteroatoms. The van der Waals surface area contributed by atoms with E-state index in [4.69, 9.17) is 4.74 Å². The molecular weight excluding hydrogens is 341 g/mol. The molecule has 0 spiro atoms. The first kappa shape index (κ1) is 15.9. The van der Waals surface area contributed by atoms with E-state index in [0.717, 1.165) is 12.8 Å². The molecule has 1 fully saturated rings. The number of carbonyl (C=O) groups is 2. The molecule has 1 aliphatic heterocycles. The number of amides is 1. The smallest absolute Gasteiger partial charge is 0.341 e. The van der Waals surface area contributed by atoms with Crippen molar-refractivity contribution in [3.63, 3.8) is 0 Å². The molecule has 4 nitrogen and oxygen atoms in total. The summed E-state index contributed by atoms with van der Waals surface area (Å²) in [4.78, 5) is 25.4. The van der Waals surface area contributed by atoms with Crippen molar-refractivity contribution in [3.8, 4) is 0 Å². The molecule has 2 rings (SSSR count). The number of benzene rings is 1. The maximum absolute atomic E-state index is 13.5. The van der Waals surface area contributed by atoms with Gasteiger partial charge in [-0.25, -0.2) is 9.18 Å². The molecule has 1 aliphatic rings. The summed E-state index contributed by atoms with van der Waals surface area (Å²) in [6.45, 7) is 3.17. The maximum Gasteiger partial charge on any atom is 0.341 e. The van der Waals surface area contributed by atoms with Gasteiger partial charge >= 0.3 is 5.97 Å². The third-order valence-electron chi connectivity index (χ3n) is 3.61. The summed E-state index contributed by atoms with van der Waals surface area (Å²) in [6, 6.07) is 4.01. The lowest BCUT2D eigenvalue weighted by Crippen LogP contribution is -2.40. The van der Waals surface area contributed by atoms with Gasteiger partial charge in [0.1, 0.15) is 5.82 Å². The molecule has 0 bridgehead atoms. The van der Waals surface area contributed by atoms with Crippen molar-refractivity contribution in [2.24, 2.45) is 5.92 Å². The average molecular weight is 358 g/mol. The molecule has 1 aromatic carbocycles. The zero-order valence-corrected chi connectivity index (χ0v) is 13.4. The van der Waals surface area contributed by atoms with Crippen molar-refractivity contribution in [2.45, 2.75) is 19.8 Å². The molecule has 0 radical (unpaired) electrons. The lowest BCUT2D eigenvalue weighted by Gasteiger charge is -2.30. The summed E-state index contributed by atoms with van der Waals surface area (Å²) in [5, 5.41) is 0. The molecule has 0 saturated carbocycles. The molecule has 1 saturated heterocycles. The van der Waals surface area contributed by atoms with Crippen LogP contribution in [0, 0.1) is 11.7 Å². The predicted octanol–water partition coefficient (Wildman–Crippen LogP) is 3.00. The highest BCUT2D eigenvalue weighted by Gasteiger charge is 2.22. The molecule has 1 aromatic rings. The summed E-state index contributed by atoms with van der Waals surface area (Å²) in [6.07, 6.45) is 1.92. The van der Waals surface area contributed by atoms with Crippen molar-refractivity contribution in [1.29, 1.82) is 0 Å². The minimum Gasteiger partial charge on any atom is -0.452 e. The van der Waals surface area contributed by atoms with Crippen LogP contribution >= 0.6 is 15.9 Å². The summed E-state index contributed by atoms with van der Waals surface area (Å²) in [7, 11) is 0. The van der Waals surface area contributed by atoms with Crippen LogP contribution in [-0.2, 0) is 9.53 Å². The second-order valence-electron chi connectivity index (χ2n) is 5.26. The Morgan fingerprint density at radius 1 is 1.38 bits per heavy atom. The Hall–Kier alpha value is -1.43. The highest BCUT2D eigenvalue weighted by atomic mass is 79.9. The quantitative estimate of drug-likeness (QED) is 0.781. The highest BCUT2D eigenvalue weighted by Crippen LogP contribution is 2.18. The van der Waals surface area contributed by atoms with E-state index in [1.165, 1.54) is 18.2 Å². The van der Waals surface area contributed by atoms with Gasteiger partial charge in [-0.05, 0) is 37.0 Å². The van der Waals surface area contributed by atoms with Crippen LogP contribution in [0.3, 0.4) is 0 Å². The lowest BCUT2D eigenvalue weighted by molar-refractivity contribution is -0.135. The number of hydrogen-bond donors (Lipinski definition) is 0. The normalized spacial score (nSPS) is 15.9. The van der Waals surface area contributed by atoms with Gasteiger partial charge in [0.05, 0.1) is 5.56 Å². The van der Waals surface area contributed by atoms with Crippen LogP contribution in [0.1, 0.15) is 30.1 Å². The first-order valence-electron chi connectivity index (χ1n) is 6.87. The Kier molecular flexibility index (Phi) is 5.33. The van der Waals surface area contributed by atoms with Gasteiger partial charge in [0, 0.05) is 17.6 Å². The molecule has 0 aliphatic carbocycles. The van der Waals surface area contributed by atoms with Crippen molar-refractivity contribution in [3.05, 3.63) is 34.1 Å². The topological polar surface area (TPSA) is 46.6 Å².